The summed E-state index contributed by atoms with van der Waals surface area (Å²) in [4.78, 5) is 0. The van der Waals surface area contributed by atoms with E-state index >= 15 is 0 Å². The Balaban J connectivity index is -0.0000000400. The van der Waals surface area contributed by atoms with Gasteiger partial charge in [-0.1, -0.05) is 0 Å². The van der Waals surface area contributed by atoms with E-state index in [1.54, 1.807) is 0 Å². The van der Waals surface area contributed by atoms with E-state index in [-0.39, 0.29) is 37.4 Å². The second-order valence-corrected chi connectivity index (χ2v) is 8.22. The van der Waals surface area contributed by atoms with Gasteiger partial charge in [-0.3, -0.25) is 0 Å². The number of hydrogen-bond donors (Lipinski definition) is 0. The van der Waals surface area contributed by atoms with E-state index in [2.05, 4.69) is 0 Å². The molecule has 0 spiro atoms. The first kappa shape index (κ1) is 31.5. The molecule has 0 saturated carbocycles. The van der Waals surface area contributed by atoms with Crippen LogP contribution in [0.15, 0.2) is 0 Å². The fourth-order valence-corrected chi connectivity index (χ4v) is 0. The van der Waals surface area contributed by atoms with Crippen molar-refractivity contribution in [1.82, 2.24) is 0 Å². The van der Waals surface area contributed by atoms with Crippen molar-refractivity contribution < 1.29 is 76.9 Å². The molecule has 1 radical (unpaired) electrons. The SMILES string of the molecule is O=[Te](=O)([O-])[O-].O=[Te](=O)([O-])[O-].O=[Te](=O)([O-])[O-].[Li+].[V]. The second kappa shape index (κ2) is 13.1. The van der Waals surface area contributed by atoms with Gasteiger partial charge in [0.1, 0.15) is 0 Å². The first-order valence-corrected chi connectivity index (χ1v) is 13.4. The maximum absolute atomic E-state index is 8.63. The van der Waals surface area contributed by atoms with E-state index in [0.717, 1.165) is 0 Å². The largest absolute Gasteiger partial charge is 1.00 e. The van der Waals surface area contributed by atoms with Gasteiger partial charge in [0.25, 0.3) is 0 Å². The molecule has 0 atom stereocenters. The van der Waals surface area contributed by atoms with Crippen molar-refractivity contribution in [2.75, 3.05) is 0 Å². The summed E-state index contributed by atoms with van der Waals surface area (Å²) < 4.78 is 104. The van der Waals surface area contributed by atoms with Crippen LogP contribution in [0.5, 0.6) is 0 Å². The standard InChI is InChI=1S/Li.3H2O4Te.V/c;3*1-5(2,3)4;/h;3*(H2,1,2,3,4);/q+1;;;;/p-6. The molecule has 0 aliphatic rings. The Hall–Kier alpha value is 2.11. The van der Waals surface area contributed by atoms with Crippen LogP contribution in [0.3, 0.4) is 0 Å². The molecule has 0 aromatic heterocycles. The van der Waals surface area contributed by atoms with E-state index in [1.807, 2.05) is 0 Å². The van der Waals surface area contributed by atoms with Gasteiger partial charge in [0, 0.05) is 18.6 Å². The first-order chi connectivity index (χ1) is 6.00. The summed E-state index contributed by atoms with van der Waals surface area (Å²) in [6.45, 7) is 0. The van der Waals surface area contributed by atoms with Crippen molar-refractivity contribution in [2.45, 2.75) is 0 Å². The molecular weight excluding hydrogens is 633 g/mol. The van der Waals surface area contributed by atoms with Gasteiger partial charge < -0.3 is 0 Å². The van der Waals surface area contributed by atoms with Gasteiger partial charge in [0.05, 0.1) is 0 Å². The summed E-state index contributed by atoms with van der Waals surface area (Å²) in [6.07, 6.45) is 0. The fourth-order valence-electron chi connectivity index (χ4n) is 0. The Labute approximate surface area is 132 Å². The second-order valence-electron chi connectivity index (χ2n) is 1.22. The van der Waals surface area contributed by atoms with E-state index in [1.165, 1.54) is 0 Å². The average molecular weight is 633 g/mol. The molecule has 0 N–H and O–H groups in total. The van der Waals surface area contributed by atoms with Crippen molar-refractivity contribution in [3.05, 3.63) is 0 Å². The topological polar surface area (TPSA) is 241 Å². The molecule has 0 aromatic rings. The Bertz CT molecular complexity index is 343. The van der Waals surface area contributed by atoms with Crippen molar-refractivity contribution in [3.63, 3.8) is 0 Å². The maximum Gasteiger partial charge on any atom is 1.00 e. The van der Waals surface area contributed by atoms with E-state index in [0.29, 0.717) is 0 Å². The van der Waals surface area contributed by atoms with Crippen LogP contribution >= 0.6 is 0 Å². The summed E-state index contributed by atoms with van der Waals surface area (Å²) in [5, 5.41) is 0. The molecule has 0 aliphatic carbocycles. The molecule has 0 saturated heterocycles. The van der Waals surface area contributed by atoms with E-state index in [9.17, 15) is 0 Å². The molecule has 0 bridgehead atoms. The minimum Gasteiger partial charge on any atom is 0 e. The van der Waals surface area contributed by atoms with Crippen LogP contribution in [-0.4, -0.2) is 56.9 Å². The predicted octanol–water partition coefficient (Wildman–Crippen LogP) is -12.0. The third kappa shape index (κ3) is 1060. The predicted molar refractivity (Wildman–Crippen MR) is 21.4 cm³/mol. The van der Waals surface area contributed by atoms with Crippen molar-refractivity contribution in [2.24, 2.45) is 0 Å². The molecule has 12 nitrogen and oxygen atoms in total. The van der Waals surface area contributed by atoms with Crippen molar-refractivity contribution >= 4 is 56.9 Å². The van der Waals surface area contributed by atoms with Crippen molar-refractivity contribution in [1.29, 1.82) is 0 Å². The third-order valence-electron chi connectivity index (χ3n) is 0. The normalized spacial score (nSPS) is 10.2. The van der Waals surface area contributed by atoms with Gasteiger partial charge in [0.15, 0.2) is 0 Å². The van der Waals surface area contributed by atoms with Gasteiger partial charge in [-0.2, -0.15) is 0 Å². The summed E-state index contributed by atoms with van der Waals surface area (Å²) in [6, 6.07) is 0. The molecular formula is LiO12Te3V-5. The Morgan fingerprint density at radius 3 is 0.471 bits per heavy atom. The minimum absolute atomic E-state index is 0. The zero-order valence-corrected chi connectivity index (χ0v) is 16.0. The van der Waals surface area contributed by atoms with Gasteiger partial charge in [0.2, 0.25) is 0 Å². The third-order valence-corrected chi connectivity index (χ3v) is 0. The zero-order valence-electron chi connectivity index (χ0n) is 7.57. The van der Waals surface area contributed by atoms with Crippen LogP contribution in [0.2, 0.25) is 0 Å². The zero-order chi connectivity index (χ0) is 13.5. The molecule has 0 rings (SSSR count). The summed E-state index contributed by atoms with van der Waals surface area (Å²) in [5.41, 5.74) is 0. The summed E-state index contributed by atoms with van der Waals surface area (Å²) in [5.74, 6) is 0. The smallest absolute Gasteiger partial charge is 0 e. The molecule has 17 heteroatoms. The van der Waals surface area contributed by atoms with Crippen LogP contribution < -0.4 is 39.7 Å². The van der Waals surface area contributed by atoms with Crippen LogP contribution in [0.25, 0.3) is 0 Å². The number of rotatable bonds is 0. The molecule has 101 valence electrons. The minimum atomic E-state index is -6.02. The molecule has 0 amide bonds. The quantitative estimate of drug-likeness (QED) is 0.226. The Kier molecular flexibility index (Phi) is 24.3. The average Bonchev–Trinajstić information content (AvgIpc) is 1.41. The monoisotopic (exact) mass is 640 g/mol. The van der Waals surface area contributed by atoms with Gasteiger partial charge in [-0.25, -0.2) is 0 Å². The van der Waals surface area contributed by atoms with Crippen LogP contribution in [0.4, 0.5) is 0 Å². The fraction of sp³-hybridized carbons (Fsp3) is 0. The summed E-state index contributed by atoms with van der Waals surface area (Å²) in [7, 11) is 0. The van der Waals surface area contributed by atoms with Gasteiger partial charge in [-0.05, 0) is 0 Å². The Morgan fingerprint density at radius 2 is 0.471 bits per heavy atom. The maximum atomic E-state index is 8.63. The van der Waals surface area contributed by atoms with Gasteiger partial charge in [-0.15, -0.1) is 0 Å². The van der Waals surface area contributed by atoms with Crippen LogP contribution in [-0.2, 0) is 37.2 Å². The van der Waals surface area contributed by atoms with Crippen molar-refractivity contribution in [3.8, 4) is 0 Å². The summed E-state index contributed by atoms with van der Waals surface area (Å²) >= 11 is -18.1. The number of hydrogen-bond acceptors (Lipinski definition) is 12. The first-order valence-electron chi connectivity index (χ1n) is 2.00. The van der Waals surface area contributed by atoms with E-state index in [4.69, 9.17) is 39.5 Å². The van der Waals surface area contributed by atoms with E-state index < -0.39 is 56.9 Å². The van der Waals surface area contributed by atoms with Gasteiger partial charge >= 0.3 is 115 Å². The van der Waals surface area contributed by atoms with Crippen LogP contribution in [0.1, 0.15) is 0 Å². The Morgan fingerprint density at radius 1 is 0.471 bits per heavy atom. The molecule has 0 aromatic carbocycles. The van der Waals surface area contributed by atoms with Crippen LogP contribution in [0, 0.1) is 0 Å². The molecule has 0 aliphatic heterocycles. The molecule has 0 heterocycles. The molecule has 0 unspecified atom stereocenters. The molecule has 0 fully saturated rings. The molecule has 17 heavy (non-hydrogen) atoms.